The third-order valence-electron chi connectivity index (χ3n) is 5.99. The Balaban J connectivity index is 1.17. The first-order valence-electron chi connectivity index (χ1n) is 10.7. The molecule has 8 heteroatoms. The van der Waals surface area contributed by atoms with E-state index in [4.69, 9.17) is 0 Å². The zero-order chi connectivity index (χ0) is 20.3. The van der Waals surface area contributed by atoms with Crippen LogP contribution in [0.2, 0.25) is 0 Å². The average molecular weight is 423 g/mol. The molecule has 0 radical (unpaired) electrons. The van der Waals surface area contributed by atoms with Gasteiger partial charge in [-0.05, 0) is 43.4 Å². The molecular weight excluding hydrogens is 396 g/mol. The van der Waals surface area contributed by atoms with E-state index in [1.54, 1.807) is 17.7 Å². The van der Waals surface area contributed by atoms with E-state index in [-0.39, 0.29) is 5.91 Å². The summed E-state index contributed by atoms with van der Waals surface area (Å²) in [4.78, 5) is 32.8. The van der Waals surface area contributed by atoms with Crippen molar-refractivity contribution in [1.29, 1.82) is 0 Å². The monoisotopic (exact) mass is 422 g/mol. The second-order valence-corrected chi connectivity index (χ2v) is 8.93. The van der Waals surface area contributed by atoms with Crippen molar-refractivity contribution in [2.75, 3.05) is 42.9 Å². The third kappa shape index (κ3) is 3.84. The number of anilines is 2. The van der Waals surface area contributed by atoms with Crippen LogP contribution in [0.25, 0.3) is 10.2 Å². The Kier molecular flexibility index (Phi) is 5.48. The summed E-state index contributed by atoms with van der Waals surface area (Å²) in [6.45, 7) is 3.72. The molecule has 0 unspecified atom stereocenters. The van der Waals surface area contributed by atoms with Crippen LogP contribution in [-0.2, 0) is 17.6 Å². The summed E-state index contributed by atoms with van der Waals surface area (Å²) < 4.78 is 0. The number of aryl methyl sites for hydroxylation is 2. The Morgan fingerprint density at radius 3 is 2.77 bits per heavy atom. The summed E-state index contributed by atoms with van der Waals surface area (Å²) in [6, 6.07) is 5.95. The van der Waals surface area contributed by atoms with Crippen molar-refractivity contribution in [3.63, 3.8) is 0 Å². The highest BCUT2D eigenvalue weighted by atomic mass is 32.1. The molecule has 0 atom stereocenters. The summed E-state index contributed by atoms with van der Waals surface area (Å²) in [5.41, 5.74) is 1.42. The fourth-order valence-electron chi connectivity index (χ4n) is 4.40. The van der Waals surface area contributed by atoms with Gasteiger partial charge in [-0.15, -0.1) is 11.3 Å². The molecule has 1 amide bonds. The highest BCUT2D eigenvalue weighted by Crippen LogP contribution is 2.38. The van der Waals surface area contributed by atoms with Crippen molar-refractivity contribution < 1.29 is 4.79 Å². The molecule has 3 aromatic heterocycles. The number of nitrogens with zero attached hydrogens (tertiary/aromatic N) is 5. The number of hydrogen-bond donors (Lipinski definition) is 1. The average Bonchev–Trinajstić information content (AvgIpc) is 3.19. The molecule has 156 valence electrons. The zero-order valence-corrected chi connectivity index (χ0v) is 17.8. The maximum absolute atomic E-state index is 12.7. The maximum atomic E-state index is 12.7. The summed E-state index contributed by atoms with van der Waals surface area (Å²) in [7, 11) is 0. The van der Waals surface area contributed by atoms with Crippen molar-refractivity contribution in [1.82, 2.24) is 19.9 Å². The number of carbonyl (C=O) groups is 1. The van der Waals surface area contributed by atoms with Gasteiger partial charge in [-0.1, -0.05) is 6.07 Å². The second-order valence-electron chi connectivity index (χ2n) is 7.85. The number of aromatic nitrogens is 3. The Morgan fingerprint density at radius 2 is 1.93 bits per heavy atom. The van der Waals surface area contributed by atoms with Crippen LogP contribution in [0.4, 0.5) is 11.6 Å². The van der Waals surface area contributed by atoms with Gasteiger partial charge in [0.15, 0.2) is 0 Å². The molecule has 0 aromatic carbocycles. The molecule has 0 saturated carbocycles. The summed E-state index contributed by atoms with van der Waals surface area (Å²) in [6.07, 6.45) is 8.67. The van der Waals surface area contributed by atoms with E-state index in [2.05, 4.69) is 25.2 Å². The number of pyridine rings is 1. The lowest BCUT2D eigenvalue weighted by atomic mass is 9.97. The number of thiophene rings is 1. The summed E-state index contributed by atoms with van der Waals surface area (Å²) in [5, 5.41) is 4.59. The molecule has 30 heavy (non-hydrogen) atoms. The molecule has 1 aliphatic carbocycles. The summed E-state index contributed by atoms with van der Waals surface area (Å²) in [5.74, 6) is 2.06. The van der Waals surface area contributed by atoms with E-state index < -0.39 is 0 Å². The lowest BCUT2D eigenvalue weighted by Crippen LogP contribution is -2.49. The van der Waals surface area contributed by atoms with Gasteiger partial charge in [0, 0.05) is 50.2 Å². The van der Waals surface area contributed by atoms with Gasteiger partial charge in [0.1, 0.15) is 22.8 Å². The van der Waals surface area contributed by atoms with E-state index in [1.807, 2.05) is 29.3 Å². The Morgan fingerprint density at radius 1 is 1.07 bits per heavy atom. The van der Waals surface area contributed by atoms with Crippen molar-refractivity contribution in [3.8, 4) is 0 Å². The van der Waals surface area contributed by atoms with E-state index in [9.17, 15) is 4.79 Å². The Hall–Kier alpha value is -2.74. The van der Waals surface area contributed by atoms with Crippen molar-refractivity contribution in [2.45, 2.75) is 32.1 Å². The fraction of sp³-hybridized carbons (Fsp3) is 0.455. The van der Waals surface area contributed by atoms with Gasteiger partial charge in [0.25, 0.3) is 0 Å². The first-order chi connectivity index (χ1) is 14.8. The van der Waals surface area contributed by atoms with Crippen molar-refractivity contribution in [2.24, 2.45) is 0 Å². The minimum absolute atomic E-state index is 0.195. The minimum Gasteiger partial charge on any atom is -0.369 e. The highest BCUT2D eigenvalue weighted by Gasteiger charge is 2.22. The molecule has 1 N–H and O–H groups in total. The molecule has 0 bridgehead atoms. The van der Waals surface area contributed by atoms with Gasteiger partial charge in [-0.3, -0.25) is 4.79 Å². The SMILES string of the molecule is O=C(CCNc1ncnc2sc3c(c12)CCCC3)N1CCN(c2ccccn2)CC1. The number of amides is 1. The minimum atomic E-state index is 0.195. The quantitative estimate of drug-likeness (QED) is 0.681. The highest BCUT2D eigenvalue weighted by molar-refractivity contribution is 7.19. The van der Waals surface area contributed by atoms with Crippen LogP contribution in [0.3, 0.4) is 0 Å². The third-order valence-corrected chi connectivity index (χ3v) is 7.19. The molecule has 2 aliphatic rings. The van der Waals surface area contributed by atoms with Crippen molar-refractivity contribution >= 4 is 39.1 Å². The van der Waals surface area contributed by atoms with E-state index in [0.717, 1.165) is 55.5 Å². The van der Waals surface area contributed by atoms with Crippen LogP contribution in [-0.4, -0.2) is 58.5 Å². The van der Waals surface area contributed by atoms with Gasteiger partial charge >= 0.3 is 0 Å². The number of rotatable bonds is 5. The molecule has 1 aliphatic heterocycles. The normalized spacial score (nSPS) is 16.5. The van der Waals surface area contributed by atoms with Crippen molar-refractivity contribution in [3.05, 3.63) is 41.2 Å². The molecular formula is C22H26N6OS. The van der Waals surface area contributed by atoms with Gasteiger partial charge in [-0.25, -0.2) is 15.0 Å². The van der Waals surface area contributed by atoms with Gasteiger partial charge in [0.05, 0.1) is 5.39 Å². The lowest BCUT2D eigenvalue weighted by molar-refractivity contribution is -0.131. The summed E-state index contributed by atoms with van der Waals surface area (Å²) >= 11 is 1.80. The van der Waals surface area contributed by atoms with Crippen LogP contribution >= 0.6 is 11.3 Å². The van der Waals surface area contributed by atoms with Gasteiger partial charge in [0.2, 0.25) is 5.91 Å². The van der Waals surface area contributed by atoms with Crippen LogP contribution in [0.15, 0.2) is 30.7 Å². The molecule has 4 heterocycles. The largest absolute Gasteiger partial charge is 0.369 e. The number of hydrogen-bond acceptors (Lipinski definition) is 7. The topological polar surface area (TPSA) is 74.2 Å². The molecule has 0 spiro atoms. The molecule has 7 nitrogen and oxygen atoms in total. The van der Waals surface area contributed by atoms with Gasteiger partial charge in [-0.2, -0.15) is 0 Å². The number of carbonyl (C=O) groups excluding carboxylic acids is 1. The first-order valence-corrected chi connectivity index (χ1v) is 11.5. The first kappa shape index (κ1) is 19.2. The number of piperazine rings is 1. The lowest BCUT2D eigenvalue weighted by Gasteiger charge is -2.35. The van der Waals surface area contributed by atoms with Crippen LogP contribution < -0.4 is 10.2 Å². The fourth-order valence-corrected chi connectivity index (χ4v) is 5.62. The predicted octanol–water partition coefficient (Wildman–Crippen LogP) is 3.12. The zero-order valence-electron chi connectivity index (χ0n) is 17.0. The van der Waals surface area contributed by atoms with E-state index in [0.29, 0.717) is 13.0 Å². The predicted molar refractivity (Wildman–Crippen MR) is 120 cm³/mol. The van der Waals surface area contributed by atoms with Gasteiger partial charge < -0.3 is 15.1 Å². The maximum Gasteiger partial charge on any atom is 0.224 e. The number of nitrogens with one attached hydrogen (secondary N) is 1. The van der Waals surface area contributed by atoms with E-state index >= 15 is 0 Å². The molecule has 1 fully saturated rings. The molecule has 3 aromatic rings. The molecule has 5 rings (SSSR count). The standard InChI is InChI=1S/C22H26N6OS/c29-19(28-13-11-27(12-14-28)18-7-3-4-9-23-18)8-10-24-21-20-16-5-1-2-6-17(16)30-22(20)26-15-25-21/h3-4,7,9,15H,1-2,5-6,8,10-14H2,(H,24,25,26). The number of fused-ring (bicyclic) bond motifs is 3. The second kappa shape index (κ2) is 8.55. The van der Waals surface area contributed by atoms with Crippen LogP contribution in [0.1, 0.15) is 29.7 Å². The molecule has 1 saturated heterocycles. The smallest absolute Gasteiger partial charge is 0.224 e. The van der Waals surface area contributed by atoms with Crippen LogP contribution in [0, 0.1) is 0 Å². The Bertz CT molecular complexity index is 1030. The van der Waals surface area contributed by atoms with Crippen LogP contribution in [0.5, 0.6) is 0 Å². The van der Waals surface area contributed by atoms with E-state index in [1.165, 1.54) is 28.7 Å². The Labute approximate surface area is 180 Å².